The number of nitrogens with zero attached hydrogens (tertiary/aromatic N) is 1. The highest BCUT2D eigenvalue weighted by Gasteiger charge is 2.15. The average molecular weight is 343 g/mol. The van der Waals surface area contributed by atoms with E-state index in [0.29, 0.717) is 6.04 Å². The zero-order valence-electron chi connectivity index (χ0n) is 15.4. The Balaban J connectivity index is 1.78. The number of hydrogen-bond acceptors (Lipinski definition) is 2. The smallest absolute Gasteiger partial charge is 0.0450 e. The molecular weight excluding hydrogens is 316 g/mol. The van der Waals surface area contributed by atoms with Gasteiger partial charge in [0.1, 0.15) is 0 Å². The van der Waals surface area contributed by atoms with Gasteiger partial charge in [-0.15, -0.1) is 0 Å². The lowest BCUT2D eigenvalue weighted by Crippen LogP contribution is -2.42. The Morgan fingerprint density at radius 2 is 1.50 bits per heavy atom. The molecule has 3 rings (SSSR count). The number of para-hydroxylation sites is 1. The molecule has 0 aliphatic carbocycles. The molecule has 26 heavy (non-hydrogen) atoms. The van der Waals surface area contributed by atoms with Crippen LogP contribution in [0.2, 0.25) is 0 Å². The Bertz CT molecular complexity index is 741. The number of likely N-dealkylation sites (N-methyl/N-ethyl adjacent to an activating group) is 1. The van der Waals surface area contributed by atoms with Gasteiger partial charge in [-0.1, -0.05) is 85.8 Å². The second-order valence-corrected chi connectivity index (χ2v) is 6.56. The predicted octanol–water partition coefficient (Wildman–Crippen LogP) is 4.71. The predicted molar refractivity (Wildman–Crippen MR) is 110 cm³/mol. The molecule has 0 heterocycles. The summed E-state index contributed by atoms with van der Waals surface area (Å²) in [6.07, 6.45) is 1.02. The van der Waals surface area contributed by atoms with Crippen LogP contribution < -0.4 is 10.2 Å². The van der Waals surface area contributed by atoms with Gasteiger partial charge in [0.05, 0.1) is 0 Å². The molecule has 2 nitrogen and oxygen atoms in total. The Morgan fingerprint density at radius 1 is 0.846 bits per heavy atom. The molecule has 0 aromatic heterocycles. The van der Waals surface area contributed by atoms with E-state index in [9.17, 15) is 0 Å². The van der Waals surface area contributed by atoms with E-state index < -0.39 is 0 Å². The molecule has 0 saturated heterocycles. The van der Waals surface area contributed by atoms with Crippen LogP contribution in [0.3, 0.4) is 0 Å². The maximum absolute atomic E-state index is 3.66. The molecule has 0 bridgehead atoms. The highest BCUT2D eigenvalue weighted by molar-refractivity contribution is 5.46. The van der Waals surface area contributed by atoms with Gasteiger partial charge in [0.2, 0.25) is 0 Å². The first-order chi connectivity index (χ1) is 12.8. The van der Waals surface area contributed by atoms with E-state index in [4.69, 9.17) is 0 Å². The van der Waals surface area contributed by atoms with Crippen LogP contribution in [-0.4, -0.2) is 19.1 Å². The van der Waals surface area contributed by atoms with Crippen LogP contribution in [0.1, 0.15) is 18.1 Å². The lowest BCUT2D eigenvalue weighted by Gasteiger charge is -2.30. The summed E-state index contributed by atoms with van der Waals surface area (Å²) in [5.74, 6) is 0. The van der Waals surface area contributed by atoms with Gasteiger partial charge in [0.15, 0.2) is 0 Å². The lowest BCUT2D eigenvalue weighted by atomic mass is 10.0. The van der Waals surface area contributed by atoms with Gasteiger partial charge in [-0.3, -0.25) is 0 Å². The van der Waals surface area contributed by atoms with E-state index in [2.05, 4.69) is 96.0 Å². The van der Waals surface area contributed by atoms with Crippen molar-refractivity contribution in [2.24, 2.45) is 0 Å². The Morgan fingerprint density at radius 3 is 2.12 bits per heavy atom. The molecule has 133 valence electrons. The third-order valence-electron chi connectivity index (χ3n) is 4.51. The van der Waals surface area contributed by atoms with E-state index in [1.165, 1.54) is 11.1 Å². The van der Waals surface area contributed by atoms with Gasteiger partial charge in [-0.2, -0.15) is 0 Å². The molecule has 0 fully saturated rings. The minimum absolute atomic E-state index is 0.389. The molecule has 1 N–H and O–H groups in total. The van der Waals surface area contributed by atoms with Crippen LogP contribution in [0.4, 0.5) is 5.69 Å². The van der Waals surface area contributed by atoms with Crippen molar-refractivity contribution in [3.05, 3.63) is 102 Å². The minimum Gasteiger partial charge on any atom is -0.365 e. The zero-order valence-corrected chi connectivity index (χ0v) is 15.4. The molecule has 3 aromatic rings. The van der Waals surface area contributed by atoms with Crippen LogP contribution in [0.5, 0.6) is 0 Å². The van der Waals surface area contributed by atoms with E-state index in [1.54, 1.807) is 0 Å². The molecule has 1 radical (unpaired) electrons. The number of benzene rings is 3. The summed E-state index contributed by atoms with van der Waals surface area (Å²) in [4.78, 5) is 2.42. The van der Waals surface area contributed by atoms with Gasteiger partial charge < -0.3 is 10.2 Å². The van der Waals surface area contributed by atoms with Crippen molar-refractivity contribution in [2.45, 2.75) is 25.9 Å². The van der Waals surface area contributed by atoms with Crippen molar-refractivity contribution in [3.8, 4) is 0 Å². The molecule has 0 aliphatic rings. The van der Waals surface area contributed by atoms with Gasteiger partial charge in [-0.05, 0) is 30.2 Å². The normalized spacial score (nSPS) is 11.9. The Hall–Kier alpha value is -2.58. The van der Waals surface area contributed by atoms with Crippen molar-refractivity contribution in [2.75, 3.05) is 18.0 Å². The van der Waals surface area contributed by atoms with Crippen molar-refractivity contribution < 1.29 is 0 Å². The van der Waals surface area contributed by atoms with Crippen LogP contribution in [0.25, 0.3) is 0 Å². The largest absolute Gasteiger partial charge is 0.365 e. The summed E-state index contributed by atoms with van der Waals surface area (Å²) >= 11 is 0. The summed E-state index contributed by atoms with van der Waals surface area (Å²) in [5, 5.41) is 3.66. The Labute approximate surface area is 157 Å². The molecule has 1 atom stereocenters. The van der Waals surface area contributed by atoms with Crippen molar-refractivity contribution >= 4 is 5.69 Å². The maximum atomic E-state index is 3.66. The zero-order chi connectivity index (χ0) is 18.0. The van der Waals surface area contributed by atoms with Gasteiger partial charge in [0, 0.05) is 30.9 Å². The highest BCUT2D eigenvalue weighted by atomic mass is 15.2. The van der Waals surface area contributed by atoms with Gasteiger partial charge >= 0.3 is 0 Å². The quantitative estimate of drug-likeness (QED) is 0.605. The third-order valence-corrected chi connectivity index (χ3v) is 4.51. The highest BCUT2D eigenvalue weighted by Crippen LogP contribution is 2.18. The number of rotatable bonds is 9. The topological polar surface area (TPSA) is 15.3 Å². The van der Waals surface area contributed by atoms with Crippen molar-refractivity contribution in [1.82, 2.24) is 5.32 Å². The summed E-state index contributed by atoms with van der Waals surface area (Å²) in [6.45, 7) is 4.97. The molecular formula is C24H27N2. The maximum Gasteiger partial charge on any atom is 0.0450 e. The van der Waals surface area contributed by atoms with E-state index in [0.717, 1.165) is 31.7 Å². The Kier molecular flexibility index (Phi) is 6.86. The van der Waals surface area contributed by atoms with Gasteiger partial charge in [0.25, 0.3) is 0 Å². The van der Waals surface area contributed by atoms with E-state index >= 15 is 0 Å². The molecule has 0 spiro atoms. The van der Waals surface area contributed by atoms with E-state index in [-0.39, 0.29) is 0 Å². The fraction of sp³-hybridized carbons (Fsp3) is 0.250. The summed E-state index contributed by atoms with van der Waals surface area (Å²) < 4.78 is 0. The fourth-order valence-electron chi connectivity index (χ4n) is 3.29. The van der Waals surface area contributed by atoms with Crippen LogP contribution in [0.15, 0.2) is 84.9 Å². The molecule has 0 aliphatic heterocycles. The molecule has 0 amide bonds. The van der Waals surface area contributed by atoms with Crippen LogP contribution >= 0.6 is 0 Å². The average Bonchev–Trinajstić information content (AvgIpc) is 2.70. The first kappa shape index (κ1) is 18.2. The van der Waals surface area contributed by atoms with Crippen LogP contribution in [-0.2, 0) is 13.0 Å². The van der Waals surface area contributed by atoms with Gasteiger partial charge in [-0.25, -0.2) is 0 Å². The number of hydrogen-bond donors (Lipinski definition) is 1. The summed E-state index contributed by atoms with van der Waals surface area (Å²) in [7, 11) is 0. The van der Waals surface area contributed by atoms with Crippen molar-refractivity contribution in [3.63, 3.8) is 0 Å². The number of anilines is 1. The minimum atomic E-state index is 0.389. The number of nitrogens with one attached hydrogen (secondary N) is 1. The second-order valence-electron chi connectivity index (χ2n) is 6.56. The summed E-state index contributed by atoms with van der Waals surface area (Å²) in [5.41, 5.74) is 3.84. The molecule has 3 aromatic carbocycles. The lowest BCUT2D eigenvalue weighted by molar-refractivity contribution is 0.511. The third kappa shape index (κ3) is 5.47. The molecule has 1 unspecified atom stereocenters. The standard InChI is InChI=1S/C24H27N2/c1-2-25-23(18-21-12-6-3-7-13-21)20-26(24-16-10-5-11-17-24)19-22-14-8-4-9-15-22/h3-16,23,25H,2,18-20H2,1H3. The van der Waals surface area contributed by atoms with E-state index in [1.807, 2.05) is 12.1 Å². The van der Waals surface area contributed by atoms with Crippen molar-refractivity contribution in [1.29, 1.82) is 0 Å². The summed E-state index contributed by atoms with van der Waals surface area (Å²) in [6, 6.07) is 33.4. The monoisotopic (exact) mass is 343 g/mol. The first-order valence-corrected chi connectivity index (χ1v) is 9.38. The first-order valence-electron chi connectivity index (χ1n) is 9.38. The SMILES string of the molecule is CCNC(Cc1ccccc1)CN(Cc1ccccc1)c1[c]cccc1. The second kappa shape index (κ2) is 9.79. The molecule has 0 saturated carbocycles. The fourth-order valence-corrected chi connectivity index (χ4v) is 3.29. The van der Waals surface area contributed by atoms with Crippen LogP contribution in [0, 0.1) is 6.07 Å². The molecule has 2 heteroatoms.